The highest BCUT2D eigenvalue weighted by Crippen LogP contribution is 2.25. The van der Waals surface area contributed by atoms with Gasteiger partial charge in [-0.3, -0.25) is 0 Å². The van der Waals surface area contributed by atoms with E-state index in [0.29, 0.717) is 6.54 Å². The van der Waals surface area contributed by atoms with Gasteiger partial charge in [0.05, 0.1) is 6.54 Å². The quantitative estimate of drug-likeness (QED) is 0.679. The van der Waals surface area contributed by atoms with Crippen LogP contribution in [0.25, 0.3) is 11.3 Å². The molecule has 2 nitrogen and oxygen atoms in total. The Hall–Kier alpha value is -2.07. The first-order chi connectivity index (χ1) is 10.2. The lowest BCUT2D eigenvalue weighted by Crippen LogP contribution is -1.98. The van der Waals surface area contributed by atoms with Gasteiger partial charge in [0.15, 0.2) is 0 Å². The van der Waals surface area contributed by atoms with Gasteiger partial charge in [0.1, 0.15) is 17.3 Å². The van der Waals surface area contributed by atoms with E-state index in [0.717, 1.165) is 27.2 Å². The summed E-state index contributed by atoms with van der Waals surface area (Å²) < 4.78 is 19.7. The third kappa shape index (κ3) is 3.34. The van der Waals surface area contributed by atoms with Crippen LogP contribution in [-0.4, -0.2) is 0 Å². The summed E-state index contributed by atoms with van der Waals surface area (Å²) in [6.07, 6.45) is 0. The number of halogens is 2. The van der Waals surface area contributed by atoms with Crippen molar-refractivity contribution in [2.45, 2.75) is 6.54 Å². The zero-order valence-electron chi connectivity index (χ0n) is 11.1. The molecule has 2 aromatic carbocycles. The van der Waals surface area contributed by atoms with E-state index in [-0.39, 0.29) is 5.82 Å². The van der Waals surface area contributed by atoms with Crippen molar-refractivity contribution in [3.05, 3.63) is 76.7 Å². The van der Waals surface area contributed by atoms with Crippen molar-refractivity contribution in [2.24, 2.45) is 0 Å². The van der Waals surface area contributed by atoms with Gasteiger partial charge < -0.3 is 9.73 Å². The maximum Gasteiger partial charge on any atom is 0.134 e. The van der Waals surface area contributed by atoms with Crippen LogP contribution in [0.4, 0.5) is 10.1 Å². The molecule has 0 amide bonds. The summed E-state index contributed by atoms with van der Waals surface area (Å²) in [5, 5.41) is 3.30. The lowest BCUT2D eigenvalue weighted by atomic mass is 10.2. The van der Waals surface area contributed by atoms with E-state index in [9.17, 15) is 4.39 Å². The Balaban J connectivity index is 1.71. The second-order valence-corrected chi connectivity index (χ2v) is 5.46. The smallest absolute Gasteiger partial charge is 0.134 e. The van der Waals surface area contributed by atoms with Crippen molar-refractivity contribution in [1.29, 1.82) is 0 Å². The molecule has 1 heterocycles. The Bertz CT molecular complexity index is 737. The van der Waals surface area contributed by atoms with Gasteiger partial charge in [-0.25, -0.2) is 4.39 Å². The highest BCUT2D eigenvalue weighted by atomic mass is 79.9. The molecule has 21 heavy (non-hydrogen) atoms. The SMILES string of the molecule is Fc1ccc(-c2ccc(CNc3ccccc3Br)o2)cc1. The number of benzene rings is 2. The number of para-hydroxylation sites is 1. The van der Waals surface area contributed by atoms with Gasteiger partial charge in [0, 0.05) is 15.7 Å². The molecular formula is C17H13BrFNO. The van der Waals surface area contributed by atoms with Crippen molar-refractivity contribution in [3.63, 3.8) is 0 Å². The lowest BCUT2D eigenvalue weighted by Gasteiger charge is -2.06. The van der Waals surface area contributed by atoms with Crippen LogP contribution >= 0.6 is 15.9 Å². The highest BCUT2D eigenvalue weighted by Gasteiger charge is 2.05. The van der Waals surface area contributed by atoms with Crippen molar-refractivity contribution < 1.29 is 8.81 Å². The second-order valence-electron chi connectivity index (χ2n) is 4.61. The lowest BCUT2D eigenvalue weighted by molar-refractivity contribution is 0.531. The van der Waals surface area contributed by atoms with Gasteiger partial charge in [-0.2, -0.15) is 0 Å². The van der Waals surface area contributed by atoms with Crippen LogP contribution in [0, 0.1) is 5.82 Å². The van der Waals surface area contributed by atoms with Gasteiger partial charge in [0.2, 0.25) is 0 Å². The van der Waals surface area contributed by atoms with E-state index in [4.69, 9.17) is 4.42 Å². The molecule has 0 atom stereocenters. The van der Waals surface area contributed by atoms with E-state index in [2.05, 4.69) is 21.2 Å². The van der Waals surface area contributed by atoms with Crippen LogP contribution in [0.2, 0.25) is 0 Å². The van der Waals surface area contributed by atoms with Crippen LogP contribution in [-0.2, 0) is 6.54 Å². The largest absolute Gasteiger partial charge is 0.459 e. The fourth-order valence-electron chi connectivity index (χ4n) is 2.03. The van der Waals surface area contributed by atoms with Crippen molar-refractivity contribution in [1.82, 2.24) is 0 Å². The monoisotopic (exact) mass is 345 g/mol. The summed E-state index contributed by atoms with van der Waals surface area (Å²) in [6.45, 7) is 0.587. The van der Waals surface area contributed by atoms with E-state index >= 15 is 0 Å². The molecule has 106 valence electrons. The molecule has 0 spiro atoms. The Morgan fingerprint density at radius 1 is 0.952 bits per heavy atom. The minimum atomic E-state index is -0.249. The summed E-state index contributed by atoms with van der Waals surface area (Å²) in [7, 11) is 0. The number of nitrogens with one attached hydrogen (secondary N) is 1. The molecule has 0 saturated heterocycles. The van der Waals surface area contributed by atoms with Crippen LogP contribution < -0.4 is 5.32 Å². The Labute approximate surface area is 130 Å². The average Bonchev–Trinajstić information content (AvgIpc) is 2.96. The minimum Gasteiger partial charge on any atom is -0.459 e. The number of hydrogen-bond donors (Lipinski definition) is 1. The van der Waals surface area contributed by atoms with Gasteiger partial charge >= 0.3 is 0 Å². The first-order valence-electron chi connectivity index (χ1n) is 6.55. The third-order valence-corrected chi connectivity index (χ3v) is 3.81. The van der Waals surface area contributed by atoms with E-state index < -0.39 is 0 Å². The summed E-state index contributed by atoms with van der Waals surface area (Å²) in [6, 6.07) is 18.0. The third-order valence-electron chi connectivity index (χ3n) is 3.12. The second kappa shape index (κ2) is 6.14. The molecule has 3 aromatic rings. The summed E-state index contributed by atoms with van der Waals surface area (Å²) in [5.41, 5.74) is 1.88. The number of anilines is 1. The molecule has 1 N–H and O–H groups in total. The summed E-state index contributed by atoms with van der Waals surface area (Å²) >= 11 is 3.49. The molecule has 0 aliphatic heterocycles. The van der Waals surface area contributed by atoms with E-state index in [1.165, 1.54) is 12.1 Å². The molecule has 4 heteroatoms. The predicted molar refractivity (Wildman–Crippen MR) is 85.6 cm³/mol. The van der Waals surface area contributed by atoms with Gasteiger partial charge in [-0.15, -0.1) is 0 Å². The average molecular weight is 346 g/mol. The summed E-state index contributed by atoms with van der Waals surface area (Å²) in [4.78, 5) is 0. The topological polar surface area (TPSA) is 25.2 Å². The van der Waals surface area contributed by atoms with Crippen molar-refractivity contribution in [2.75, 3.05) is 5.32 Å². The molecule has 0 aliphatic carbocycles. The first kappa shape index (κ1) is 13.9. The fraction of sp³-hybridized carbons (Fsp3) is 0.0588. The molecule has 0 radical (unpaired) electrons. The number of furan rings is 1. The molecule has 1 aromatic heterocycles. The molecule has 0 saturated carbocycles. The summed E-state index contributed by atoms with van der Waals surface area (Å²) in [5.74, 6) is 1.31. The first-order valence-corrected chi connectivity index (χ1v) is 7.35. The normalized spacial score (nSPS) is 10.6. The standard InChI is InChI=1S/C17H13BrFNO/c18-15-3-1-2-4-16(15)20-11-14-9-10-17(21-14)12-5-7-13(19)8-6-12/h1-10,20H,11H2. The van der Waals surface area contributed by atoms with Crippen LogP contribution in [0.3, 0.4) is 0 Å². The maximum absolute atomic E-state index is 12.9. The Morgan fingerprint density at radius 3 is 2.48 bits per heavy atom. The zero-order chi connectivity index (χ0) is 14.7. The molecule has 3 rings (SSSR count). The van der Waals surface area contributed by atoms with Gasteiger partial charge in [0.25, 0.3) is 0 Å². The zero-order valence-corrected chi connectivity index (χ0v) is 12.7. The minimum absolute atomic E-state index is 0.249. The fourth-order valence-corrected chi connectivity index (χ4v) is 2.45. The molecule has 0 bridgehead atoms. The van der Waals surface area contributed by atoms with E-state index in [1.54, 1.807) is 12.1 Å². The highest BCUT2D eigenvalue weighted by molar-refractivity contribution is 9.10. The van der Waals surface area contributed by atoms with Gasteiger partial charge in [-0.1, -0.05) is 12.1 Å². The Morgan fingerprint density at radius 2 is 1.71 bits per heavy atom. The van der Waals surface area contributed by atoms with Crippen LogP contribution in [0.1, 0.15) is 5.76 Å². The number of rotatable bonds is 4. The van der Waals surface area contributed by atoms with E-state index in [1.807, 2.05) is 36.4 Å². The molecule has 0 fully saturated rings. The van der Waals surface area contributed by atoms with Gasteiger partial charge in [-0.05, 0) is 64.5 Å². The van der Waals surface area contributed by atoms with Crippen LogP contribution in [0.5, 0.6) is 0 Å². The molecule has 0 unspecified atom stereocenters. The predicted octanol–water partition coefficient (Wildman–Crippen LogP) is 5.46. The number of hydrogen-bond acceptors (Lipinski definition) is 2. The molecular weight excluding hydrogens is 333 g/mol. The Kier molecular flexibility index (Phi) is 4.06. The maximum atomic E-state index is 12.9. The van der Waals surface area contributed by atoms with Crippen LogP contribution in [0.15, 0.2) is 69.6 Å². The molecule has 0 aliphatic rings. The van der Waals surface area contributed by atoms with Crippen molar-refractivity contribution >= 4 is 21.6 Å². The van der Waals surface area contributed by atoms with Crippen molar-refractivity contribution in [3.8, 4) is 11.3 Å².